The zero-order valence-corrected chi connectivity index (χ0v) is 11.9. The minimum atomic E-state index is -1.04. The summed E-state index contributed by atoms with van der Waals surface area (Å²) in [5, 5.41) is 9.09. The lowest BCUT2D eigenvalue weighted by molar-refractivity contribution is -0.138. The molecule has 1 heterocycles. The van der Waals surface area contributed by atoms with Gasteiger partial charge in [0.15, 0.2) is 0 Å². The zero-order chi connectivity index (χ0) is 14.6. The molecule has 104 valence electrons. The van der Waals surface area contributed by atoms with Gasteiger partial charge >= 0.3 is 5.97 Å². The van der Waals surface area contributed by atoms with Crippen LogP contribution in [0.2, 0.25) is 5.15 Å². The third-order valence-electron chi connectivity index (χ3n) is 2.65. The van der Waals surface area contributed by atoms with Crippen LogP contribution in [0, 0.1) is 0 Å². The van der Waals surface area contributed by atoms with Crippen LogP contribution in [0.4, 0.5) is 0 Å². The number of nitrogens with zero attached hydrogens (tertiary/aromatic N) is 2. The van der Waals surface area contributed by atoms with E-state index >= 15 is 0 Å². The molecule has 0 bridgehead atoms. The quantitative estimate of drug-likeness (QED) is 0.842. The van der Waals surface area contributed by atoms with E-state index in [1.54, 1.807) is 19.9 Å². The molecule has 0 aliphatic heterocycles. The Morgan fingerprint density at radius 1 is 1.42 bits per heavy atom. The fraction of sp³-hybridized carbons (Fsp3) is 0.462. The Bertz CT molecular complexity index is 489. The number of aryl methyl sites for hydroxylation is 1. The van der Waals surface area contributed by atoms with Gasteiger partial charge in [0, 0.05) is 17.3 Å². The molecule has 19 heavy (non-hydrogen) atoms. The molecule has 0 saturated carbocycles. The monoisotopic (exact) mass is 284 g/mol. The van der Waals surface area contributed by atoms with Gasteiger partial charge in [-0.25, -0.2) is 4.98 Å². The number of hydrogen-bond donors (Lipinski definition) is 1. The molecule has 0 fully saturated rings. The predicted octanol–water partition coefficient (Wildman–Crippen LogP) is 2.23. The van der Waals surface area contributed by atoms with Gasteiger partial charge < -0.3 is 10.0 Å². The van der Waals surface area contributed by atoms with Crippen LogP contribution in [0.1, 0.15) is 36.8 Å². The Hall–Kier alpha value is -1.62. The number of carbonyl (C=O) groups excluding carboxylic acids is 1. The molecule has 0 aliphatic rings. The average Bonchev–Trinajstić information content (AvgIpc) is 2.33. The van der Waals surface area contributed by atoms with E-state index < -0.39 is 5.97 Å². The number of halogens is 1. The van der Waals surface area contributed by atoms with Crippen LogP contribution in [-0.4, -0.2) is 39.5 Å². The van der Waals surface area contributed by atoms with Crippen molar-refractivity contribution in [2.45, 2.75) is 33.2 Å². The Balaban J connectivity index is 3.08. The normalized spacial score (nSPS) is 10.6. The van der Waals surface area contributed by atoms with Crippen LogP contribution in [0.15, 0.2) is 12.1 Å². The maximum atomic E-state index is 12.3. The van der Waals surface area contributed by atoms with E-state index in [0.717, 1.165) is 0 Å². The first-order valence-electron chi connectivity index (χ1n) is 6.04. The van der Waals surface area contributed by atoms with E-state index in [9.17, 15) is 9.59 Å². The second-order valence-corrected chi connectivity index (χ2v) is 4.83. The van der Waals surface area contributed by atoms with Crippen LogP contribution in [0.5, 0.6) is 0 Å². The Morgan fingerprint density at radius 3 is 2.53 bits per heavy atom. The molecule has 5 nitrogen and oxygen atoms in total. The van der Waals surface area contributed by atoms with E-state index in [1.165, 1.54) is 11.0 Å². The highest BCUT2D eigenvalue weighted by Crippen LogP contribution is 2.15. The van der Waals surface area contributed by atoms with Gasteiger partial charge in [-0.15, -0.1) is 0 Å². The highest BCUT2D eigenvalue weighted by Gasteiger charge is 2.22. The molecule has 1 aromatic heterocycles. The molecule has 1 amide bonds. The average molecular weight is 285 g/mol. The van der Waals surface area contributed by atoms with Crippen LogP contribution in [0.25, 0.3) is 0 Å². The molecule has 0 spiro atoms. The largest absolute Gasteiger partial charge is 0.480 e. The minimum Gasteiger partial charge on any atom is -0.480 e. The summed E-state index contributed by atoms with van der Waals surface area (Å²) >= 11 is 5.86. The van der Waals surface area contributed by atoms with E-state index in [1.807, 2.05) is 6.92 Å². The highest BCUT2D eigenvalue weighted by molar-refractivity contribution is 6.29. The lowest BCUT2D eigenvalue weighted by atomic mass is 10.1. The molecule has 0 unspecified atom stereocenters. The first kappa shape index (κ1) is 15.4. The van der Waals surface area contributed by atoms with Gasteiger partial charge in [0.2, 0.25) is 0 Å². The third-order valence-corrected chi connectivity index (χ3v) is 2.84. The molecule has 0 atom stereocenters. The van der Waals surface area contributed by atoms with E-state index in [4.69, 9.17) is 16.7 Å². The van der Waals surface area contributed by atoms with Crippen molar-refractivity contribution >= 4 is 23.5 Å². The summed E-state index contributed by atoms with van der Waals surface area (Å²) in [6.07, 6.45) is 0.654. The fourth-order valence-corrected chi connectivity index (χ4v) is 1.88. The van der Waals surface area contributed by atoms with Crippen molar-refractivity contribution in [2.24, 2.45) is 0 Å². The molecule has 0 saturated heterocycles. The standard InChI is InChI=1S/C13H17ClN2O3/c1-4-10-5-9(6-11(14)15-10)13(19)16(8(2)3)7-12(17)18/h5-6,8H,4,7H2,1-3H3,(H,17,18). The number of pyridine rings is 1. The van der Waals surface area contributed by atoms with Crippen molar-refractivity contribution < 1.29 is 14.7 Å². The smallest absolute Gasteiger partial charge is 0.323 e. The van der Waals surface area contributed by atoms with Crippen LogP contribution >= 0.6 is 11.6 Å². The number of carboxylic acids is 1. The number of aliphatic carboxylic acids is 1. The van der Waals surface area contributed by atoms with E-state index in [0.29, 0.717) is 17.7 Å². The van der Waals surface area contributed by atoms with E-state index in [2.05, 4.69) is 4.98 Å². The molecule has 1 N–H and O–H groups in total. The maximum Gasteiger partial charge on any atom is 0.323 e. The number of amides is 1. The highest BCUT2D eigenvalue weighted by atomic mass is 35.5. The zero-order valence-electron chi connectivity index (χ0n) is 11.2. The van der Waals surface area contributed by atoms with Gasteiger partial charge in [0.05, 0.1) is 0 Å². The summed E-state index contributed by atoms with van der Waals surface area (Å²) in [6, 6.07) is 2.90. The maximum absolute atomic E-state index is 12.3. The molecular weight excluding hydrogens is 268 g/mol. The van der Waals surface area contributed by atoms with Gasteiger partial charge in [-0.2, -0.15) is 0 Å². The van der Waals surface area contributed by atoms with Gasteiger partial charge in [0.1, 0.15) is 11.7 Å². The van der Waals surface area contributed by atoms with Crippen molar-refractivity contribution in [3.8, 4) is 0 Å². The number of carbonyl (C=O) groups is 2. The van der Waals surface area contributed by atoms with Crippen LogP contribution in [0.3, 0.4) is 0 Å². The van der Waals surface area contributed by atoms with E-state index in [-0.39, 0.29) is 23.6 Å². The summed E-state index contributed by atoms with van der Waals surface area (Å²) in [5.74, 6) is -1.39. The van der Waals surface area contributed by atoms with Crippen LogP contribution in [-0.2, 0) is 11.2 Å². The van der Waals surface area contributed by atoms with Gasteiger partial charge in [-0.1, -0.05) is 18.5 Å². The predicted molar refractivity (Wildman–Crippen MR) is 72.4 cm³/mol. The molecule has 1 rings (SSSR count). The summed E-state index contributed by atoms with van der Waals surface area (Å²) < 4.78 is 0. The first-order valence-corrected chi connectivity index (χ1v) is 6.42. The number of aromatic nitrogens is 1. The van der Waals surface area contributed by atoms with Gasteiger partial charge in [0.25, 0.3) is 5.91 Å². The topological polar surface area (TPSA) is 70.5 Å². The van der Waals surface area contributed by atoms with Crippen molar-refractivity contribution in [2.75, 3.05) is 6.54 Å². The van der Waals surface area contributed by atoms with Gasteiger partial charge in [-0.3, -0.25) is 9.59 Å². The number of hydrogen-bond acceptors (Lipinski definition) is 3. The van der Waals surface area contributed by atoms with Crippen molar-refractivity contribution in [3.05, 3.63) is 28.5 Å². The number of rotatable bonds is 5. The van der Waals surface area contributed by atoms with Crippen molar-refractivity contribution in [1.82, 2.24) is 9.88 Å². The Morgan fingerprint density at radius 2 is 2.05 bits per heavy atom. The molecule has 0 aliphatic carbocycles. The molecule has 0 aromatic carbocycles. The molecule has 0 radical (unpaired) electrons. The van der Waals surface area contributed by atoms with Gasteiger partial charge in [-0.05, 0) is 32.4 Å². The van der Waals surface area contributed by atoms with Crippen LogP contribution < -0.4 is 0 Å². The SMILES string of the molecule is CCc1cc(C(=O)N(CC(=O)O)C(C)C)cc(Cl)n1. The number of carboxylic acid groups (broad SMARTS) is 1. The second kappa shape index (κ2) is 6.52. The summed E-state index contributed by atoms with van der Waals surface area (Å²) in [5.41, 5.74) is 1.07. The lowest BCUT2D eigenvalue weighted by Gasteiger charge is -2.25. The first-order chi connectivity index (χ1) is 8.85. The Labute approximate surface area is 117 Å². The fourth-order valence-electron chi connectivity index (χ4n) is 1.66. The summed E-state index contributed by atoms with van der Waals surface area (Å²) in [7, 11) is 0. The third kappa shape index (κ3) is 4.21. The molecular formula is C13H17ClN2O3. The summed E-state index contributed by atoms with van der Waals surface area (Å²) in [4.78, 5) is 28.5. The summed E-state index contributed by atoms with van der Waals surface area (Å²) in [6.45, 7) is 5.11. The molecule has 1 aromatic rings. The molecule has 6 heteroatoms. The van der Waals surface area contributed by atoms with Crippen molar-refractivity contribution in [1.29, 1.82) is 0 Å². The van der Waals surface area contributed by atoms with Crippen molar-refractivity contribution in [3.63, 3.8) is 0 Å². The minimum absolute atomic E-state index is 0.208. The second-order valence-electron chi connectivity index (χ2n) is 4.44. The lowest BCUT2D eigenvalue weighted by Crippen LogP contribution is -2.40. The Kier molecular flexibility index (Phi) is 5.30.